The second-order valence-electron chi connectivity index (χ2n) is 6.70. The average molecular weight is 365 g/mol. The topological polar surface area (TPSA) is 12.5 Å². The summed E-state index contributed by atoms with van der Waals surface area (Å²) < 4.78 is 5.24. The number of anilines is 3. The minimum Gasteiger partial charge on any atom is -0.497 e. The molecule has 0 heterocycles. The summed E-state index contributed by atoms with van der Waals surface area (Å²) in [6.07, 6.45) is 0.904. The zero-order valence-corrected chi connectivity index (χ0v) is 16.0. The molecule has 0 amide bonds. The minimum atomic E-state index is 0.889. The molecule has 138 valence electrons. The summed E-state index contributed by atoms with van der Waals surface area (Å²) in [4.78, 5) is 2.27. The lowest BCUT2D eigenvalue weighted by Gasteiger charge is -2.25. The van der Waals surface area contributed by atoms with Crippen molar-refractivity contribution in [2.24, 2.45) is 0 Å². The summed E-state index contributed by atoms with van der Waals surface area (Å²) in [5.74, 6) is 0.889. The maximum atomic E-state index is 5.24. The van der Waals surface area contributed by atoms with Gasteiger partial charge in [0.25, 0.3) is 0 Å². The van der Waals surface area contributed by atoms with Crippen molar-refractivity contribution in [1.82, 2.24) is 0 Å². The second-order valence-corrected chi connectivity index (χ2v) is 6.70. The van der Waals surface area contributed by atoms with Crippen molar-refractivity contribution in [2.75, 3.05) is 12.0 Å². The maximum Gasteiger partial charge on any atom is 0.118 e. The van der Waals surface area contributed by atoms with E-state index in [1.807, 2.05) is 24.3 Å². The van der Waals surface area contributed by atoms with Crippen molar-refractivity contribution in [1.29, 1.82) is 0 Å². The summed E-state index contributed by atoms with van der Waals surface area (Å²) in [6.45, 7) is 0. The Morgan fingerprint density at radius 3 is 1.43 bits per heavy atom. The number of benzene rings is 4. The Bertz CT molecular complexity index is 954. The van der Waals surface area contributed by atoms with Crippen molar-refractivity contribution in [3.8, 4) is 5.75 Å². The standard InChI is InChI=1S/C26H23NO/c1-28-26-18-14-22(15-19-26)20-21-12-16-25(17-13-21)27(23-8-4-2-5-9-23)24-10-6-3-7-11-24/h2-19H,20H2,1H3. The molecule has 2 nitrogen and oxygen atoms in total. The Balaban J connectivity index is 1.61. The molecule has 0 aliphatic carbocycles. The summed E-state index contributed by atoms with van der Waals surface area (Å²) in [5, 5.41) is 0. The van der Waals surface area contributed by atoms with E-state index >= 15 is 0 Å². The van der Waals surface area contributed by atoms with Gasteiger partial charge in [0.15, 0.2) is 0 Å². The van der Waals surface area contributed by atoms with Crippen LogP contribution in [0, 0.1) is 0 Å². The van der Waals surface area contributed by atoms with Crippen LogP contribution < -0.4 is 9.64 Å². The number of nitrogens with zero attached hydrogens (tertiary/aromatic N) is 1. The molecule has 0 aromatic heterocycles. The fourth-order valence-electron chi connectivity index (χ4n) is 3.34. The van der Waals surface area contributed by atoms with Gasteiger partial charge in [-0.1, -0.05) is 60.7 Å². The van der Waals surface area contributed by atoms with E-state index in [2.05, 4.69) is 89.8 Å². The lowest BCUT2D eigenvalue weighted by atomic mass is 10.0. The van der Waals surface area contributed by atoms with E-state index in [9.17, 15) is 0 Å². The second kappa shape index (κ2) is 8.45. The van der Waals surface area contributed by atoms with Gasteiger partial charge >= 0.3 is 0 Å². The first-order chi connectivity index (χ1) is 13.8. The minimum absolute atomic E-state index is 0.889. The SMILES string of the molecule is COc1ccc(Cc2ccc(N(c3ccccc3)c3ccccc3)cc2)cc1. The molecule has 28 heavy (non-hydrogen) atoms. The molecule has 0 atom stereocenters. The van der Waals surface area contributed by atoms with Gasteiger partial charge in [0.2, 0.25) is 0 Å². The van der Waals surface area contributed by atoms with Crippen molar-refractivity contribution < 1.29 is 4.74 Å². The van der Waals surface area contributed by atoms with Gasteiger partial charge in [-0.25, -0.2) is 0 Å². The summed E-state index contributed by atoms with van der Waals surface area (Å²) in [7, 11) is 1.69. The number of ether oxygens (including phenoxy) is 1. The molecule has 0 saturated carbocycles. The van der Waals surface area contributed by atoms with Crippen LogP contribution in [0.15, 0.2) is 109 Å². The Hall–Kier alpha value is -3.52. The Kier molecular flexibility index (Phi) is 5.39. The molecule has 0 aliphatic heterocycles. The molecule has 0 bridgehead atoms. The van der Waals surface area contributed by atoms with Crippen LogP contribution in [0.5, 0.6) is 5.75 Å². The van der Waals surface area contributed by atoms with Gasteiger partial charge in [0.1, 0.15) is 5.75 Å². The third-order valence-corrected chi connectivity index (χ3v) is 4.79. The molecule has 0 radical (unpaired) electrons. The zero-order chi connectivity index (χ0) is 19.2. The van der Waals surface area contributed by atoms with E-state index in [0.717, 1.165) is 29.2 Å². The van der Waals surface area contributed by atoms with E-state index < -0.39 is 0 Å². The number of hydrogen-bond donors (Lipinski definition) is 0. The third kappa shape index (κ3) is 4.07. The highest BCUT2D eigenvalue weighted by atomic mass is 16.5. The van der Waals surface area contributed by atoms with E-state index in [-0.39, 0.29) is 0 Å². The predicted molar refractivity (Wildman–Crippen MR) is 117 cm³/mol. The molecule has 2 heteroatoms. The predicted octanol–water partition coefficient (Wildman–Crippen LogP) is 6.76. The lowest BCUT2D eigenvalue weighted by molar-refractivity contribution is 0.414. The molecule has 4 aromatic carbocycles. The van der Waals surface area contributed by atoms with Crippen molar-refractivity contribution in [3.63, 3.8) is 0 Å². The van der Waals surface area contributed by atoms with Gasteiger partial charge in [-0.2, -0.15) is 0 Å². The molecule has 0 spiro atoms. The van der Waals surface area contributed by atoms with Crippen LogP contribution in [0.2, 0.25) is 0 Å². The molecular weight excluding hydrogens is 342 g/mol. The Morgan fingerprint density at radius 1 is 0.536 bits per heavy atom. The Morgan fingerprint density at radius 2 is 0.964 bits per heavy atom. The lowest BCUT2D eigenvalue weighted by Crippen LogP contribution is -2.09. The van der Waals surface area contributed by atoms with Crippen LogP contribution >= 0.6 is 0 Å². The summed E-state index contributed by atoms with van der Waals surface area (Å²) in [5.41, 5.74) is 6.01. The van der Waals surface area contributed by atoms with Gasteiger partial charge in [0.05, 0.1) is 7.11 Å². The monoisotopic (exact) mass is 365 g/mol. The summed E-state index contributed by atoms with van der Waals surface area (Å²) >= 11 is 0. The number of rotatable bonds is 6. The molecule has 0 unspecified atom stereocenters. The van der Waals surface area contributed by atoms with Gasteiger partial charge in [-0.05, 0) is 66.1 Å². The van der Waals surface area contributed by atoms with Crippen LogP contribution in [-0.4, -0.2) is 7.11 Å². The highest BCUT2D eigenvalue weighted by Gasteiger charge is 2.11. The molecule has 0 saturated heterocycles. The molecular formula is C26H23NO. The third-order valence-electron chi connectivity index (χ3n) is 4.79. The first-order valence-corrected chi connectivity index (χ1v) is 9.45. The number of para-hydroxylation sites is 2. The van der Waals surface area contributed by atoms with Gasteiger partial charge in [0, 0.05) is 17.1 Å². The smallest absolute Gasteiger partial charge is 0.118 e. The van der Waals surface area contributed by atoms with Crippen LogP contribution in [0.3, 0.4) is 0 Å². The van der Waals surface area contributed by atoms with Crippen LogP contribution in [-0.2, 0) is 6.42 Å². The fraction of sp³-hybridized carbons (Fsp3) is 0.0769. The highest BCUT2D eigenvalue weighted by Crippen LogP contribution is 2.34. The van der Waals surface area contributed by atoms with Crippen LogP contribution in [0.25, 0.3) is 0 Å². The molecule has 0 aliphatic rings. The zero-order valence-electron chi connectivity index (χ0n) is 16.0. The highest BCUT2D eigenvalue weighted by molar-refractivity contribution is 5.76. The van der Waals surface area contributed by atoms with Crippen molar-refractivity contribution in [2.45, 2.75) is 6.42 Å². The largest absolute Gasteiger partial charge is 0.497 e. The van der Waals surface area contributed by atoms with Crippen LogP contribution in [0.4, 0.5) is 17.1 Å². The summed E-state index contributed by atoms with van der Waals surface area (Å²) in [6, 6.07) is 38.0. The number of methoxy groups -OCH3 is 1. The van der Waals surface area contributed by atoms with Crippen LogP contribution in [0.1, 0.15) is 11.1 Å². The van der Waals surface area contributed by atoms with E-state index in [0.29, 0.717) is 0 Å². The van der Waals surface area contributed by atoms with E-state index in [4.69, 9.17) is 4.74 Å². The van der Waals surface area contributed by atoms with Crippen molar-refractivity contribution in [3.05, 3.63) is 120 Å². The van der Waals surface area contributed by atoms with Gasteiger partial charge in [-0.3, -0.25) is 0 Å². The molecule has 0 N–H and O–H groups in total. The van der Waals surface area contributed by atoms with E-state index in [1.165, 1.54) is 11.1 Å². The van der Waals surface area contributed by atoms with Gasteiger partial charge < -0.3 is 9.64 Å². The van der Waals surface area contributed by atoms with Gasteiger partial charge in [-0.15, -0.1) is 0 Å². The first kappa shape index (κ1) is 17.9. The quantitative estimate of drug-likeness (QED) is 0.374. The maximum absolute atomic E-state index is 5.24. The average Bonchev–Trinajstić information content (AvgIpc) is 2.77. The first-order valence-electron chi connectivity index (χ1n) is 9.45. The molecule has 0 fully saturated rings. The normalized spacial score (nSPS) is 10.5. The van der Waals surface area contributed by atoms with E-state index in [1.54, 1.807) is 7.11 Å². The number of hydrogen-bond acceptors (Lipinski definition) is 2. The Labute approximate surface area is 166 Å². The molecule has 4 rings (SSSR count). The fourth-order valence-corrected chi connectivity index (χ4v) is 3.34. The molecule has 4 aromatic rings. The van der Waals surface area contributed by atoms with Crippen molar-refractivity contribution >= 4 is 17.1 Å².